The molecule has 10 nitrogen and oxygen atoms in total. The second-order valence-electron chi connectivity index (χ2n) is 13.0. The van der Waals surface area contributed by atoms with Gasteiger partial charge >= 0.3 is 0 Å². The average molecular weight is 672 g/mol. The Morgan fingerprint density at radius 1 is 0.938 bits per heavy atom. The van der Waals surface area contributed by atoms with Gasteiger partial charge in [0.25, 0.3) is 0 Å². The van der Waals surface area contributed by atoms with E-state index >= 15 is 0 Å². The minimum atomic E-state index is -0.380. The first kappa shape index (κ1) is 31.4. The number of hydrogen-bond acceptors (Lipinski definition) is 8. The summed E-state index contributed by atoms with van der Waals surface area (Å²) in [5.41, 5.74) is 5.35. The van der Waals surface area contributed by atoms with Gasteiger partial charge in [0, 0.05) is 47.0 Å². The monoisotopic (exact) mass is 671 g/mol. The molecule has 250 valence electrons. The lowest BCUT2D eigenvalue weighted by Crippen LogP contribution is -2.35. The van der Waals surface area contributed by atoms with Crippen LogP contribution >= 0.6 is 11.6 Å². The molecule has 12 heteroatoms. The maximum Gasteiger partial charge on any atom is 0.213 e. The van der Waals surface area contributed by atoms with Crippen molar-refractivity contribution in [1.29, 1.82) is 0 Å². The first-order valence-electron chi connectivity index (χ1n) is 17.0. The second-order valence-corrected chi connectivity index (χ2v) is 13.4. The molecule has 0 bridgehead atoms. The van der Waals surface area contributed by atoms with Gasteiger partial charge < -0.3 is 18.8 Å². The molecule has 2 aromatic carbocycles. The van der Waals surface area contributed by atoms with E-state index in [1.165, 1.54) is 6.07 Å². The standard InChI is InChI=1S/C36H39ClFN7O3/c37-27-9-7-26(29(38)19-27)23-48-35-5-3-4-30(41-35)24-11-14-43(15-12-24)22-34-40-31-18-25(8-10-33(31)44(34)21-28-13-17-46-28)32-20-39-45(42-32)36-6-1-2-16-47-36/h3-5,7-10,18-20,24,28,36H,1-2,6,11-17,21-23H2. The summed E-state index contributed by atoms with van der Waals surface area (Å²) in [6.45, 7) is 5.12. The molecule has 0 radical (unpaired) electrons. The second kappa shape index (κ2) is 13.9. The van der Waals surface area contributed by atoms with E-state index < -0.39 is 0 Å². The van der Waals surface area contributed by atoms with Gasteiger partial charge in [0.2, 0.25) is 5.88 Å². The highest BCUT2D eigenvalue weighted by atomic mass is 35.5. The van der Waals surface area contributed by atoms with Gasteiger partial charge in [-0.3, -0.25) is 4.90 Å². The van der Waals surface area contributed by atoms with Crippen LogP contribution in [0.3, 0.4) is 0 Å². The normalized spacial score (nSPS) is 20.6. The molecule has 3 aromatic heterocycles. The van der Waals surface area contributed by atoms with Crippen LogP contribution in [0, 0.1) is 5.82 Å². The molecule has 3 saturated heterocycles. The van der Waals surface area contributed by atoms with Crippen LogP contribution in [0.4, 0.5) is 4.39 Å². The molecule has 8 rings (SSSR count). The highest BCUT2D eigenvalue weighted by Crippen LogP contribution is 2.31. The summed E-state index contributed by atoms with van der Waals surface area (Å²) in [5.74, 6) is 1.50. The number of imidazole rings is 1. The van der Waals surface area contributed by atoms with Crippen LogP contribution in [0.25, 0.3) is 22.3 Å². The number of ether oxygens (including phenoxy) is 3. The predicted octanol–water partition coefficient (Wildman–Crippen LogP) is 6.93. The van der Waals surface area contributed by atoms with E-state index in [0.29, 0.717) is 22.4 Å². The van der Waals surface area contributed by atoms with Crippen molar-refractivity contribution >= 4 is 22.6 Å². The van der Waals surface area contributed by atoms with E-state index in [0.717, 1.165) is 112 Å². The largest absolute Gasteiger partial charge is 0.473 e. The van der Waals surface area contributed by atoms with Gasteiger partial charge in [-0.15, -0.1) is 0 Å². The number of likely N-dealkylation sites (tertiary alicyclic amines) is 1. The van der Waals surface area contributed by atoms with Gasteiger partial charge in [-0.2, -0.15) is 15.0 Å². The number of aromatic nitrogens is 6. The maximum atomic E-state index is 14.2. The third kappa shape index (κ3) is 6.82. The van der Waals surface area contributed by atoms with E-state index in [1.54, 1.807) is 16.9 Å². The Morgan fingerprint density at radius 3 is 2.62 bits per heavy atom. The Labute approximate surface area is 283 Å². The van der Waals surface area contributed by atoms with Crippen molar-refractivity contribution in [3.8, 4) is 17.1 Å². The summed E-state index contributed by atoms with van der Waals surface area (Å²) >= 11 is 5.88. The number of hydrogen-bond donors (Lipinski definition) is 0. The number of fused-ring (bicyclic) bond motifs is 1. The summed E-state index contributed by atoms with van der Waals surface area (Å²) in [7, 11) is 0. The molecule has 3 fully saturated rings. The van der Waals surface area contributed by atoms with E-state index in [-0.39, 0.29) is 24.8 Å². The molecule has 0 saturated carbocycles. The summed E-state index contributed by atoms with van der Waals surface area (Å²) in [5, 5.41) is 9.64. The minimum absolute atomic E-state index is 0.0900. The zero-order valence-electron chi connectivity index (χ0n) is 26.8. The van der Waals surface area contributed by atoms with Gasteiger partial charge in [-0.25, -0.2) is 14.4 Å². The van der Waals surface area contributed by atoms with Crippen LogP contribution in [-0.2, 0) is 29.2 Å². The fourth-order valence-corrected chi connectivity index (χ4v) is 7.02. The van der Waals surface area contributed by atoms with E-state index in [4.69, 9.17) is 40.9 Å². The van der Waals surface area contributed by atoms with Gasteiger partial charge in [0.1, 0.15) is 23.9 Å². The van der Waals surface area contributed by atoms with Crippen molar-refractivity contribution in [3.63, 3.8) is 0 Å². The topological polar surface area (TPSA) is 92.3 Å². The van der Waals surface area contributed by atoms with E-state index in [9.17, 15) is 4.39 Å². The maximum absolute atomic E-state index is 14.2. The average Bonchev–Trinajstić information content (AvgIpc) is 3.72. The molecule has 0 amide bonds. The van der Waals surface area contributed by atoms with Crippen LogP contribution in [0.5, 0.6) is 5.88 Å². The summed E-state index contributed by atoms with van der Waals surface area (Å²) in [4.78, 5) is 14.1. The third-order valence-electron chi connectivity index (χ3n) is 9.73. The lowest BCUT2D eigenvalue weighted by Gasteiger charge is -2.32. The van der Waals surface area contributed by atoms with Crippen molar-refractivity contribution in [2.24, 2.45) is 0 Å². The zero-order valence-corrected chi connectivity index (χ0v) is 27.6. The van der Waals surface area contributed by atoms with Gasteiger partial charge in [0.15, 0.2) is 6.23 Å². The number of nitrogens with zero attached hydrogens (tertiary/aromatic N) is 7. The molecule has 0 spiro atoms. The Hall–Kier alpha value is -3.90. The molecule has 0 N–H and O–H groups in total. The minimum Gasteiger partial charge on any atom is -0.473 e. The number of pyridine rings is 1. The van der Waals surface area contributed by atoms with Gasteiger partial charge in [-0.05, 0) is 81.9 Å². The highest BCUT2D eigenvalue weighted by molar-refractivity contribution is 6.30. The molecule has 2 unspecified atom stereocenters. The van der Waals surface area contributed by atoms with Crippen LogP contribution < -0.4 is 4.74 Å². The van der Waals surface area contributed by atoms with Crippen molar-refractivity contribution in [2.45, 2.75) is 76.5 Å². The number of halogens is 2. The number of benzene rings is 2. The summed E-state index contributed by atoms with van der Waals surface area (Å²) < 4.78 is 34.1. The molecule has 5 aromatic rings. The van der Waals surface area contributed by atoms with Gasteiger partial charge in [0.05, 0.1) is 36.4 Å². The van der Waals surface area contributed by atoms with Crippen molar-refractivity contribution in [3.05, 3.63) is 88.7 Å². The van der Waals surface area contributed by atoms with E-state index in [1.807, 2.05) is 18.3 Å². The molecule has 48 heavy (non-hydrogen) atoms. The van der Waals surface area contributed by atoms with Crippen LogP contribution in [-0.4, -0.2) is 66.8 Å². The molecule has 0 aliphatic carbocycles. The molecule has 3 aliphatic heterocycles. The summed E-state index contributed by atoms with van der Waals surface area (Å²) in [6, 6.07) is 16.9. The predicted molar refractivity (Wildman–Crippen MR) is 179 cm³/mol. The van der Waals surface area contributed by atoms with Crippen molar-refractivity contribution in [1.82, 2.24) is 34.4 Å². The molecule has 6 heterocycles. The van der Waals surface area contributed by atoms with Crippen LogP contribution in [0.15, 0.2) is 60.8 Å². The highest BCUT2D eigenvalue weighted by Gasteiger charge is 2.26. The Balaban J connectivity index is 0.941. The fourth-order valence-electron chi connectivity index (χ4n) is 6.86. The first-order valence-corrected chi connectivity index (χ1v) is 17.3. The Kier molecular flexibility index (Phi) is 9.09. The summed E-state index contributed by atoms with van der Waals surface area (Å²) in [6.07, 6.45) is 8.14. The molecule has 3 aliphatic rings. The molecular weight excluding hydrogens is 633 g/mol. The smallest absolute Gasteiger partial charge is 0.213 e. The number of rotatable bonds is 10. The third-order valence-corrected chi connectivity index (χ3v) is 9.97. The van der Waals surface area contributed by atoms with Gasteiger partial charge in [-0.1, -0.05) is 29.8 Å². The zero-order chi connectivity index (χ0) is 32.5. The lowest BCUT2D eigenvalue weighted by molar-refractivity contribution is -0.0592. The lowest BCUT2D eigenvalue weighted by atomic mass is 9.93. The van der Waals surface area contributed by atoms with Crippen LogP contribution in [0.1, 0.15) is 67.8 Å². The SMILES string of the molecule is Fc1cc(Cl)ccc1COc1cccc(C2CCN(Cc3nc4cc(-c5cnn(C6CCCCO6)n5)ccc4n3CC3CCO3)CC2)n1. The molecule has 2 atom stereocenters. The molecular formula is C36H39ClFN7O3. The van der Waals surface area contributed by atoms with E-state index in [2.05, 4.69) is 38.8 Å². The fraction of sp³-hybridized carbons (Fsp3) is 0.444. The number of piperidine rings is 1. The van der Waals surface area contributed by atoms with Crippen LogP contribution in [0.2, 0.25) is 5.02 Å². The Bertz CT molecular complexity index is 1880. The van der Waals surface area contributed by atoms with Crippen molar-refractivity contribution in [2.75, 3.05) is 26.3 Å². The quantitative estimate of drug-likeness (QED) is 0.158. The van der Waals surface area contributed by atoms with Crippen molar-refractivity contribution < 1.29 is 18.6 Å². The first-order chi connectivity index (χ1) is 23.6. The Morgan fingerprint density at radius 2 is 1.83 bits per heavy atom.